The molecule has 5 heteroatoms. The quantitative estimate of drug-likeness (QED) is 0.788. The first-order chi connectivity index (χ1) is 6.71. The highest BCUT2D eigenvalue weighted by Gasteiger charge is 2.32. The summed E-state index contributed by atoms with van der Waals surface area (Å²) in [4.78, 5) is 8.50. The third-order valence-electron chi connectivity index (χ3n) is 2.34. The van der Waals surface area contributed by atoms with E-state index in [-0.39, 0.29) is 0 Å². The van der Waals surface area contributed by atoms with E-state index in [1.165, 1.54) is 0 Å². The van der Waals surface area contributed by atoms with Gasteiger partial charge in [0.15, 0.2) is 0 Å². The lowest BCUT2D eigenvalue weighted by Gasteiger charge is -2.31. The van der Waals surface area contributed by atoms with Crippen molar-refractivity contribution in [1.82, 2.24) is 9.97 Å². The highest BCUT2D eigenvalue weighted by atomic mass is 127. The van der Waals surface area contributed by atoms with Gasteiger partial charge in [0.1, 0.15) is 5.82 Å². The minimum Gasteiger partial charge on any atom is -0.379 e. The second-order valence-corrected chi connectivity index (χ2v) is 4.78. The zero-order valence-electron chi connectivity index (χ0n) is 7.74. The second-order valence-electron chi connectivity index (χ2n) is 3.54. The molecule has 1 aromatic heterocycles. The minimum absolute atomic E-state index is 0.484. The molecule has 0 bridgehead atoms. The Bertz CT molecular complexity index is 308. The van der Waals surface area contributed by atoms with E-state index in [1.807, 2.05) is 0 Å². The monoisotopic (exact) mass is 305 g/mol. The minimum atomic E-state index is -0.484. The standard InChI is InChI=1S/C9H12IN3O/c10-7-4-12-8(13-5-7)9(11)2-1-3-14-6-9/h4-5H,1-3,6,11H2. The van der Waals surface area contributed by atoms with Gasteiger partial charge in [0, 0.05) is 22.6 Å². The molecule has 4 nitrogen and oxygen atoms in total. The van der Waals surface area contributed by atoms with Crippen molar-refractivity contribution in [2.24, 2.45) is 5.73 Å². The van der Waals surface area contributed by atoms with E-state index in [4.69, 9.17) is 10.5 Å². The molecular weight excluding hydrogens is 293 g/mol. The van der Waals surface area contributed by atoms with Gasteiger partial charge in [-0.05, 0) is 35.4 Å². The fraction of sp³-hybridized carbons (Fsp3) is 0.556. The molecule has 2 rings (SSSR count). The number of ether oxygens (including phenoxy) is 1. The fourth-order valence-electron chi connectivity index (χ4n) is 1.56. The zero-order chi connectivity index (χ0) is 10.0. The Labute approximate surface area is 96.4 Å². The summed E-state index contributed by atoms with van der Waals surface area (Å²) in [6.45, 7) is 1.32. The second kappa shape index (κ2) is 4.08. The van der Waals surface area contributed by atoms with E-state index >= 15 is 0 Å². The van der Waals surface area contributed by atoms with Crippen LogP contribution in [0.4, 0.5) is 0 Å². The number of nitrogens with two attached hydrogens (primary N) is 1. The van der Waals surface area contributed by atoms with E-state index in [0.29, 0.717) is 12.4 Å². The van der Waals surface area contributed by atoms with E-state index in [2.05, 4.69) is 32.6 Å². The largest absolute Gasteiger partial charge is 0.379 e. The summed E-state index contributed by atoms with van der Waals surface area (Å²) in [7, 11) is 0. The highest BCUT2D eigenvalue weighted by molar-refractivity contribution is 14.1. The molecule has 1 unspecified atom stereocenters. The Morgan fingerprint density at radius 1 is 1.43 bits per heavy atom. The Balaban J connectivity index is 2.23. The van der Waals surface area contributed by atoms with Crippen LogP contribution in [0.1, 0.15) is 18.7 Å². The Morgan fingerprint density at radius 2 is 2.14 bits per heavy atom. The van der Waals surface area contributed by atoms with Crippen LogP contribution in [-0.4, -0.2) is 23.2 Å². The average Bonchev–Trinajstić information content (AvgIpc) is 2.19. The van der Waals surface area contributed by atoms with Gasteiger partial charge in [-0.1, -0.05) is 0 Å². The average molecular weight is 305 g/mol. The van der Waals surface area contributed by atoms with Crippen LogP contribution in [0.2, 0.25) is 0 Å². The van der Waals surface area contributed by atoms with Crippen LogP contribution >= 0.6 is 22.6 Å². The molecule has 1 aromatic rings. The summed E-state index contributed by atoms with van der Waals surface area (Å²) in [5.74, 6) is 0.692. The number of nitrogens with zero attached hydrogens (tertiary/aromatic N) is 2. The van der Waals surface area contributed by atoms with Crippen molar-refractivity contribution in [2.45, 2.75) is 18.4 Å². The van der Waals surface area contributed by atoms with Crippen molar-refractivity contribution < 1.29 is 4.74 Å². The zero-order valence-corrected chi connectivity index (χ0v) is 9.90. The summed E-state index contributed by atoms with van der Waals surface area (Å²) in [5.41, 5.74) is 5.69. The Hall–Kier alpha value is -0.270. The number of rotatable bonds is 1. The summed E-state index contributed by atoms with van der Waals surface area (Å²) < 4.78 is 6.38. The molecule has 1 aliphatic rings. The van der Waals surface area contributed by atoms with Crippen molar-refractivity contribution >= 4 is 22.6 Å². The van der Waals surface area contributed by atoms with Crippen molar-refractivity contribution in [3.05, 3.63) is 21.8 Å². The van der Waals surface area contributed by atoms with Crippen LogP contribution in [0.5, 0.6) is 0 Å². The first-order valence-corrected chi connectivity index (χ1v) is 5.63. The van der Waals surface area contributed by atoms with Gasteiger partial charge < -0.3 is 10.5 Å². The Morgan fingerprint density at radius 3 is 2.71 bits per heavy atom. The molecular formula is C9H12IN3O. The van der Waals surface area contributed by atoms with Gasteiger partial charge in [0.2, 0.25) is 0 Å². The predicted octanol–water partition coefficient (Wildman–Crippen LogP) is 1.05. The smallest absolute Gasteiger partial charge is 0.150 e. The van der Waals surface area contributed by atoms with Gasteiger partial charge in [-0.25, -0.2) is 9.97 Å². The lowest BCUT2D eigenvalue weighted by atomic mass is 9.93. The third kappa shape index (κ3) is 2.04. The maximum Gasteiger partial charge on any atom is 0.150 e. The van der Waals surface area contributed by atoms with Gasteiger partial charge in [-0.2, -0.15) is 0 Å². The lowest BCUT2D eigenvalue weighted by Crippen LogP contribution is -2.45. The van der Waals surface area contributed by atoms with Crippen LogP contribution in [0, 0.1) is 3.57 Å². The van der Waals surface area contributed by atoms with Crippen molar-refractivity contribution in [3.8, 4) is 0 Å². The summed E-state index contributed by atoms with van der Waals surface area (Å²) >= 11 is 2.18. The number of hydrogen-bond acceptors (Lipinski definition) is 4. The van der Waals surface area contributed by atoms with Crippen LogP contribution in [0.25, 0.3) is 0 Å². The molecule has 0 radical (unpaired) electrons. The normalized spacial score (nSPS) is 27.6. The summed E-state index contributed by atoms with van der Waals surface area (Å²) in [5, 5.41) is 0. The van der Waals surface area contributed by atoms with Crippen LogP contribution in [0.15, 0.2) is 12.4 Å². The maximum atomic E-state index is 6.18. The molecule has 1 saturated heterocycles. The number of aromatic nitrogens is 2. The molecule has 76 valence electrons. The molecule has 0 aromatic carbocycles. The Kier molecular flexibility index (Phi) is 2.99. The van der Waals surface area contributed by atoms with Gasteiger partial charge in [-0.3, -0.25) is 0 Å². The summed E-state index contributed by atoms with van der Waals surface area (Å²) in [6, 6.07) is 0. The molecule has 14 heavy (non-hydrogen) atoms. The van der Waals surface area contributed by atoms with Gasteiger partial charge in [0.25, 0.3) is 0 Å². The van der Waals surface area contributed by atoms with Crippen molar-refractivity contribution in [2.75, 3.05) is 13.2 Å². The molecule has 1 aliphatic heterocycles. The van der Waals surface area contributed by atoms with E-state index in [9.17, 15) is 0 Å². The molecule has 1 fully saturated rings. The molecule has 2 N–H and O–H groups in total. The fourth-order valence-corrected chi connectivity index (χ4v) is 1.84. The number of hydrogen-bond donors (Lipinski definition) is 1. The van der Waals surface area contributed by atoms with Gasteiger partial charge in [-0.15, -0.1) is 0 Å². The molecule has 0 saturated carbocycles. The molecule has 2 heterocycles. The van der Waals surface area contributed by atoms with Crippen molar-refractivity contribution in [1.29, 1.82) is 0 Å². The third-order valence-corrected chi connectivity index (χ3v) is 2.89. The first kappa shape index (κ1) is 10.3. The van der Waals surface area contributed by atoms with E-state index < -0.39 is 5.54 Å². The molecule has 0 amide bonds. The predicted molar refractivity (Wildman–Crippen MR) is 60.7 cm³/mol. The highest BCUT2D eigenvalue weighted by Crippen LogP contribution is 2.24. The summed E-state index contributed by atoms with van der Waals surface area (Å²) in [6.07, 6.45) is 5.44. The van der Waals surface area contributed by atoms with E-state index in [0.717, 1.165) is 23.0 Å². The maximum absolute atomic E-state index is 6.18. The number of halogens is 1. The van der Waals surface area contributed by atoms with Crippen LogP contribution in [-0.2, 0) is 10.3 Å². The topological polar surface area (TPSA) is 61.0 Å². The van der Waals surface area contributed by atoms with Crippen LogP contribution in [0.3, 0.4) is 0 Å². The molecule has 0 spiro atoms. The first-order valence-electron chi connectivity index (χ1n) is 4.55. The van der Waals surface area contributed by atoms with Crippen molar-refractivity contribution in [3.63, 3.8) is 0 Å². The molecule has 1 atom stereocenters. The SMILES string of the molecule is NC1(c2ncc(I)cn2)CCCOC1. The molecule has 0 aliphatic carbocycles. The lowest BCUT2D eigenvalue weighted by molar-refractivity contribution is 0.0329. The van der Waals surface area contributed by atoms with Gasteiger partial charge >= 0.3 is 0 Å². The van der Waals surface area contributed by atoms with Gasteiger partial charge in [0.05, 0.1) is 12.1 Å². The van der Waals surface area contributed by atoms with Crippen LogP contribution < -0.4 is 5.73 Å². The van der Waals surface area contributed by atoms with E-state index in [1.54, 1.807) is 12.4 Å².